The molecule has 0 atom stereocenters. The van der Waals surface area contributed by atoms with E-state index in [2.05, 4.69) is 20.7 Å². The number of rotatable bonds is 6. The highest BCUT2D eigenvalue weighted by atomic mass is 79.9. The van der Waals surface area contributed by atoms with Gasteiger partial charge in [-0.25, -0.2) is 13.1 Å². The second-order valence-electron chi connectivity index (χ2n) is 5.00. The Morgan fingerprint density at radius 1 is 1.32 bits per heavy atom. The Morgan fingerprint density at radius 2 is 1.95 bits per heavy atom. The maximum atomic E-state index is 12.2. The van der Waals surface area contributed by atoms with Crippen molar-refractivity contribution in [3.63, 3.8) is 0 Å². The topological polar surface area (TPSA) is 46.2 Å². The Kier molecular flexibility index (Phi) is 6.14. The molecule has 0 heterocycles. The predicted molar refractivity (Wildman–Crippen MR) is 83.8 cm³/mol. The molecular formula is C12H16BrCl2NO2S. The molecule has 0 saturated carbocycles. The summed E-state index contributed by atoms with van der Waals surface area (Å²) in [7, 11) is -3.65. The summed E-state index contributed by atoms with van der Waals surface area (Å²) in [4.78, 5) is 0.0105. The molecule has 0 spiro atoms. The fraction of sp³-hybridized carbons (Fsp3) is 0.500. The van der Waals surface area contributed by atoms with Crippen LogP contribution in [0.15, 0.2) is 23.1 Å². The van der Waals surface area contributed by atoms with Gasteiger partial charge in [-0.15, -0.1) is 0 Å². The standard InChI is InChI=1S/C12H16BrCl2NO2S/c1-12(2,5-6-13)8-16-19(17,18)11-7-9(14)3-4-10(11)15/h3-4,7,16H,5-6,8H2,1-2H3. The average Bonchev–Trinajstić information content (AvgIpc) is 2.30. The molecule has 0 fully saturated rings. The lowest BCUT2D eigenvalue weighted by Gasteiger charge is -2.24. The molecule has 1 N–H and O–H groups in total. The van der Waals surface area contributed by atoms with Crippen molar-refractivity contribution in [2.24, 2.45) is 5.41 Å². The van der Waals surface area contributed by atoms with Gasteiger partial charge >= 0.3 is 0 Å². The number of sulfonamides is 1. The maximum Gasteiger partial charge on any atom is 0.242 e. The van der Waals surface area contributed by atoms with E-state index < -0.39 is 10.0 Å². The molecule has 0 aliphatic heterocycles. The monoisotopic (exact) mass is 387 g/mol. The summed E-state index contributed by atoms with van der Waals surface area (Å²) >= 11 is 15.1. The third-order valence-corrected chi connectivity index (χ3v) is 5.21. The Balaban J connectivity index is 2.90. The van der Waals surface area contributed by atoms with Gasteiger partial charge in [-0.1, -0.05) is 53.0 Å². The second kappa shape index (κ2) is 6.76. The van der Waals surface area contributed by atoms with Gasteiger partial charge in [0.15, 0.2) is 0 Å². The number of hydrogen-bond donors (Lipinski definition) is 1. The van der Waals surface area contributed by atoms with Crippen LogP contribution in [0.1, 0.15) is 20.3 Å². The summed E-state index contributed by atoms with van der Waals surface area (Å²) < 4.78 is 27.0. The average molecular weight is 389 g/mol. The minimum absolute atomic E-state index is 0.0105. The Morgan fingerprint density at radius 3 is 2.53 bits per heavy atom. The molecule has 0 saturated heterocycles. The molecule has 0 amide bonds. The van der Waals surface area contributed by atoms with E-state index >= 15 is 0 Å². The van der Waals surface area contributed by atoms with Crippen LogP contribution in [0, 0.1) is 5.41 Å². The van der Waals surface area contributed by atoms with Gasteiger partial charge in [-0.05, 0) is 30.0 Å². The van der Waals surface area contributed by atoms with E-state index in [1.165, 1.54) is 12.1 Å². The minimum Gasteiger partial charge on any atom is -0.211 e. The van der Waals surface area contributed by atoms with E-state index in [0.717, 1.165) is 11.8 Å². The van der Waals surface area contributed by atoms with Crippen LogP contribution in [0.2, 0.25) is 10.0 Å². The first-order valence-corrected chi connectivity index (χ1v) is 9.05. The highest BCUT2D eigenvalue weighted by Crippen LogP contribution is 2.26. The van der Waals surface area contributed by atoms with Gasteiger partial charge in [0, 0.05) is 16.9 Å². The quantitative estimate of drug-likeness (QED) is 0.746. The molecular weight excluding hydrogens is 373 g/mol. The first-order valence-electron chi connectivity index (χ1n) is 5.69. The SMILES string of the molecule is CC(C)(CCBr)CNS(=O)(=O)c1cc(Cl)ccc1Cl. The van der Waals surface area contributed by atoms with Crippen LogP contribution in [-0.4, -0.2) is 20.3 Å². The molecule has 7 heteroatoms. The summed E-state index contributed by atoms with van der Waals surface area (Å²) in [6.45, 7) is 4.33. The van der Waals surface area contributed by atoms with Gasteiger partial charge in [-0.2, -0.15) is 0 Å². The van der Waals surface area contributed by atoms with E-state index in [9.17, 15) is 8.42 Å². The molecule has 1 rings (SSSR count). The molecule has 1 aromatic carbocycles. The van der Waals surface area contributed by atoms with Crippen LogP contribution in [0.3, 0.4) is 0 Å². The highest BCUT2D eigenvalue weighted by Gasteiger charge is 2.23. The molecule has 1 aromatic rings. The Bertz CT molecular complexity index is 547. The zero-order valence-electron chi connectivity index (χ0n) is 10.7. The lowest BCUT2D eigenvalue weighted by molar-refractivity contribution is 0.354. The van der Waals surface area contributed by atoms with E-state index in [-0.39, 0.29) is 15.3 Å². The van der Waals surface area contributed by atoms with Crippen molar-refractivity contribution < 1.29 is 8.42 Å². The summed E-state index contributed by atoms with van der Waals surface area (Å²) in [5.41, 5.74) is -0.137. The molecule has 0 unspecified atom stereocenters. The van der Waals surface area contributed by atoms with Gasteiger partial charge in [-0.3, -0.25) is 0 Å². The maximum absolute atomic E-state index is 12.2. The van der Waals surface area contributed by atoms with Crippen molar-refractivity contribution in [2.75, 3.05) is 11.9 Å². The third kappa shape index (κ3) is 5.23. The number of halogens is 3. The van der Waals surface area contributed by atoms with Crippen LogP contribution in [0.4, 0.5) is 0 Å². The third-order valence-electron chi connectivity index (χ3n) is 2.69. The minimum atomic E-state index is -3.65. The van der Waals surface area contributed by atoms with Crippen LogP contribution in [-0.2, 0) is 10.0 Å². The molecule has 108 valence electrons. The van der Waals surface area contributed by atoms with Crippen molar-refractivity contribution in [3.8, 4) is 0 Å². The van der Waals surface area contributed by atoms with Crippen molar-refractivity contribution >= 4 is 49.2 Å². The summed E-state index contributed by atoms with van der Waals surface area (Å²) in [5.74, 6) is 0. The van der Waals surface area contributed by atoms with Crippen LogP contribution in [0.25, 0.3) is 0 Å². The number of nitrogens with one attached hydrogen (secondary N) is 1. The van der Waals surface area contributed by atoms with E-state index in [1.54, 1.807) is 6.07 Å². The van der Waals surface area contributed by atoms with Gasteiger partial charge in [0.05, 0.1) is 5.02 Å². The summed E-state index contributed by atoms with van der Waals surface area (Å²) in [6, 6.07) is 4.38. The highest BCUT2D eigenvalue weighted by molar-refractivity contribution is 9.09. The zero-order chi connectivity index (χ0) is 14.7. The molecule has 0 aliphatic carbocycles. The molecule has 0 radical (unpaired) electrons. The van der Waals surface area contributed by atoms with Crippen molar-refractivity contribution in [3.05, 3.63) is 28.2 Å². The van der Waals surface area contributed by atoms with Crippen molar-refractivity contribution in [1.29, 1.82) is 0 Å². The normalized spacial score (nSPS) is 12.7. The van der Waals surface area contributed by atoms with E-state index in [1.807, 2.05) is 13.8 Å². The molecule has 0 aliphatic rings. The van der Waals surface area contributed by atoms with Gasteiger partial charge in [0.2, 0.25) is 10.0 Å². The Labute approximate surface area is 132 Å². The van der Waals surface area contributed by atoms with Crippen molar-refractivity contribution in [2.45, 2.75) is 25.2 Å². The molecule has 3 nitrogen and oxygen atoms in total. The van der Waals surface area contributed by atoms with Crippen LogP contribution in [0.5, 0.6) is 0 Å². The summed E-state index contributed by atoms with van der Waals surface area (Å²) in [6.07, 6.45) is 0.860. The van der Waals surface area contributed by atoms with Crippen molar-refractivity contribution in [1.82, 2.24) is 4.72 Å². The zero-order valence-corrected chi connectivity index (χ0v) is 14.6. The molecule has 19 heavy (non-hydrogen) atoms. The van der Waals surface area contributed by atoms with Gasteiger partial charge in [0.1, 0.15) is 4.90 Å². The Hall–Kier alpha value is 0.190. The number of alkyl halides is 1. The molecule has 0 bridgehead atoms. The van der Waals surface area contributed by atoms with Crippen LogP contribution < -0.4 is 4.72 Å². The van der Waals surface area contributed by atoms with Crippen LogP contribution >= 0.6 is 39.1 Å². The lowest BCUT2D eigenvalue weighted by Crippen LogP contribution is -2.34. The second-order valence-corrected chi connectivity index (χ2v) is 8.37. The van der Waals surface area contributed by atoms with E-state index in [0.29, 0.717) is 11.6 Å². The lowest BCUT2D eigenvalue weighted by atomic mass is 9.91. The fourth-order valence-electron chi connectivity index (χ4n) is 1.40. The molecule has 0 aromatic heterocycles. The number of hydrogen-bond acceptors (Lipinski definition) is 2. The predicted octanol–water partition coefficient (Wildman–Crippen LogP) is 4.08. The first kappa shape index (κ1) is 17.2. The smallest absolute Gasteiger partial charge is 0.211 e. The summed E-state index contributed by atoms with van der Waals surface area (Å²) in [5, 5.41) is 1.32. The van der Waals surface area contributed by atoms with Gasteiger partial charge < -0.3 is 0 Å². The number of benzene rings is 1. The first-order chi connectivity index (χ1) is 8.68. The van der Waals surface area contributed by atoms with E-state index in [4.69, 9.17) is 23.2 Å². The van der Waals surface area contributed by atoms with Gasteiger partial charge in [0.25, 0.3) is 0 Å². The largest absolute Gasteiger partial charge is 0.242 e. The fourth-order valence-corrected chi connectivity index (χ4v) is 4.47.